The summed E-state index contributed by atoms with van der Waals surface area (Å²) >= 11 is 0. The van der Waals surface area contributed by atoms with E-state index in [9.17, 15) is 39.7 Å². The molecule has 0 radical (unpaired) electrons. The van der Waals surface area contributed by atoms with Crippen LogP contribution in [0.4, 0.5) is 11.4 Å². The summed E-state index contributed by atoms with van der Waals surface area (Å²) < 4.78 is 0. The summed E-state index contributed by atoms with van der Waals surface area (Å²) in [4.78, 5) is 58.4. The fraction of sp³-hybridized carbons (Fsp3) is 0. The zero-order valence-electron chi connectivity index (χ0n) is 17.7. The summed E-state index contributed by atoms with van der Waals surface area (Å²) in [5, 5.41) is 32.6. The maximum atomic E-state index is 12.5. The average molecular weight is 470 g/mol. The summed E-state index contributed by atoms with van der Waals surface area (Å²) in [7, 11) is 0. The molecule has 0 heterocycles. The summed E-state index contributed by atoms with van der Waals surface area (Å²) in [6, 6.07) is 7.85. The largest absolute Gasteiger partial charge is 0.507 e. The Balaban J connectivity index is 1.47. The number of nitro groups is 2. The molecule has 0 unspecified atom stereocenters. The predicted octanol–water partition coefficient (Wildman–Crippen LogP) is 4.64. The number of aliphatic hydroxyl groups is 1. The molecule has 2 aliphatic rings. The highest BCUT2D eigenvalue weighted by Crippen LogP contribution is 2.37. The first kappa shape index (κ1) is 22.9. The third-order valence-corrected chi connectivity index (χ3v) is 5.39. The maximum Gasteiger partial charge on any atom is 0.281 e. The molecule has 0 amide bonds. The zero-order valence-corrected chi connectivity index (χ0v) is 17.7. The Bertz CT molecular complexity index is 1510. The number of rotatable bonds is 6. The highest BCUT2D eigenvalue weighted by atomic mass is 16.6. The number of carbonyl (C=O) groups is 3. The molecule has 4 rings (SSSR count). The smallest absolute Gasteiger partial charge is 0.281 e. The van der Waals surface area contributed by atoms with Gasteiger partial charge in [0.25, 0.3) is 11.4 Å². The Morgan fingerprint density at radius 3 is 1.86 bits per heavy atom. The van der Waals surface area contributed by atoms with Crippen LogP contribution in [0.25, 0.3) is 5.76 Å². The minimum atomic E-state index is -0.721. The summed E-state index contributed by atoms with van der Waals surface area (Å²) in [6.07, 6.45) is 9.90. The van der Waals surface area contributed by atoms with Gasteiger partial charge in [-0.3, -0.25) is 34.6 Å². The van der Waals surface area contributed by atoms with Crippen LogP contribution in [0.1, 0.15) is 36.6 Å². The van der Waals surface area contributed by atoms with Crippen LogP contribution in [-0.4, -0.2) is 32.3 Å². The minimum absolute atomic E-state index is 0.0159. The number of Topliss-reactive ketones (excluding diaryl/α,β-unsaturated/α-hetero) is 3. The topological polar surface area (TPSA) is 158 Å². The van der Waals surface area contributed by atoms with E-state index in [2.05, 4.69) is 0 Å². The van der Waals surface area contributed by atoms with Crippen molar-refractivity contribution in [2.75, 3.05) is 0 Å². The first-order valence-corrected chi connectivity index (χ1v) is 10.1. The fourth-order valence-electron chi connectivity index (χ4n) is 3.82. The van der Waals surface area contributed by atoms with Crippen molar-refractivity contribution in [3.05, 3.63) is 133 Å². The van der Waals surface area contributed by atoms with Crippen molar-refractivity contribution >= 4 is 34.5 Å². The van der Waals surface area contributed by atoms with Gasteiger partial charge in [0.15, 0.2) is 5.78 Å². The number of hydrogen-bond donors (Lipinski definition) is 1. The van der Waals surface area contributed by atoms with Crippen molar-refractivity contribution in [1.29, 1.82) is 0 Å². The van der Waals surface area contributed by atoms with Crippen LogP contribution in [0.3, 0.4) is 0 Å². The number of allylic oxidation sites excluding steroid dienone is 9. The summed E-state index contributed by atoms with van der Waals surface area (Å²) in [5.41, 5.74) is -1.42. The molecule has 10 nitrogen and oxygen atoms in total. The van der Waals surface area contributed by atoms with E-state index in [1.807, 2.05) is 0 Å². The number of nitrogens with zero attached hydrogens (tertiary/aromatic N) is 2. The zero-order chi connectivity index (χ0) is 25.3. The van der Waals surface area contributed by atoms with E-state index >= 15 is 0 Å². The second kappa shape index (κ2) is 8.94. The Hall–Kier alpha value is -5.25. The number of fused-ring (bicyclic) bond motifs is 2. The number of aliphatic hydroxyl groups excluding tert-OH is 1. The lowest BCUT2D eigenvalue weighted by molar-refractivity contribution is -0.385. The molecular formula is C25H14N2O8. The van der Waals surface area contributed by atoms with E-state index in [0.717, 1.165) is 6.07 Å². The summed E-state index contributed by atoms with van der Waals surface area (Å²) in [5.74, 6) is -2.34. The van der Waals surface area contributed by atoms with Gasteiger partial charge in [0.1, 0.15) is 16.9 Å². The molecule has 0 bridgehead atoms. The third-order valence-electron chi connectivity index (χ3n) is 5.39. The first-order chi connectivity index (χ1) is 16.7. The van der Waals surface area contributed by atoms with Crippen LogP contribution in [0, 0.1) is 20.2 Å². The van der Waals surface area contributed by atoms with Crippen molar-refractivity contribution in [2.24, 2.45) is 0 Å². The van der Waals surface area contributed by atoms with E-state index in [-0.39, 0.29) is 39.2 Å². The standard InChI is InChI=1S/C25H14N2O8/c28-22-14-10-6-12-18(26(32)33)20(14)24(30)16(22)8-4-2-1-3-5-9-17-23(29)15-11-7-13-19(27(34)35)21(15)25(17)31/h1-13,28H/b2-1+,5-3+,8-4+,17-9-. The van der Waals surface area contributed by atoms with Crippen LogP contribution < -0.4 is 0 Å². The maximum absolute atomic E-state index is 12.5. The van der Waals surface area contributed by atoms with Gasteiger partial charge in [0, 0.05) is 23.3 Å². The van der Waals surface area contributed by atoms with Crippen LogP contribution >= 0.6 is 0 Å². The highest BCUT2D eigenvalue weighted by molar-refractivity contribution is 6.40. The normalized spacial score (nSPS) is 16.3. The molecular weight excluding hydrogens is 456 g/mol. The minimum Gasteiger partial charge on any atom is -0.507 e. The van der Waals surface area contributed by atoms with Crippen molar-refractivity contribution < 1.29 is 29.3 Å². The van der Waals surface area contributed by atoms with E-state index in [0.29, 0.717) is 0 Å². The number of carbonyl (C=O) groups excluding carboxylic acids is 3. The van der Waals surface area contributed by atoms with E-state index in [1.54, 1.807) is 0 Å². The van der Waals surface area contributed by atoms with Gasteiger partial charge < -0.3 is 5.11 Å². The van der Waals surface area contributed by atoms with E-state index < -0.39 is 38.6 Å². The van der Waals surface area contributed by atoms with Gasteiger partial charge in [-0.15, -0.1) is 0 Å². The summed E-state index contributed by atoms with van der Waals surface area (Å²) in [6.45, 7) is 0. The van der Waals surface area contributed by atoms with E-state index in [1.165, 1.54) is 72.9 Å². The molecule has 2 aromatic carbocycles. The molecule has 0 spiro atoms. The van der Waals surface area contributed by atoms with Crippen molar-refractivity contribution in [3.8, 4) is 0 Å². The lowest BCUT2D eigenvalue weighted by atomic mass is 10.1. The SMILES string of the molecule is O=C1/C(=C/C=C/C=C/C=C/C2=C(O)c3cccc([N+](=O)[O-])c3C2=O)C(=O)c2c1cccc2[N+](=O)[O-]. The lowest BCUT2D eigenvalue weighted by Gasteiger charge is -1.99. The fourth-order valence-corrected chi connectivity index (χ4v) is 3.82. The molecule has 172 valence electrons. The molecule has 1 N–H and O–H groups in total. The van der Waals surface area contributed by atoms with Crippen LogP contribution in [0.15, 0.2) is 90.1 Å². The van der Waals surface area contributed by atoms with Gasteiger partial charge in [-0.1, -0.05) is 42.5 Å². The van der Waals surface area contributed by atoms with E-state index in [4.69, 9.17) is 0 Å². The first-order valence-electron chi connectivity index (χ1n) is 10.1. The molecule has 2 aliphatic carbocycles. The monoisotopic (exact) mass is 470 g/mol. The van der Waals surface area contributed by atoms with Gasteiger partial charge in [0.05, 0.1) is 21.0 Å². The molecule has 2 aromatic rings. The van der Waals surface area contributed by atoms with Crippen molar-refractivity contribution in [2.45, 2.75) is 0 Å². The van der Waals surface area contributed by atoms with Crippen molar-refractivity contribution in [3.63, 3.8) is 0 Å². The second-order valence-corrected chi connectivity index (χ2v) is 7.37. The highest BCUT2D eigenvalue weighted by Gasteiger charge is 2.38. The molecule has 0 aromatic heterocycles. The number of hydrogen-bond acceptors (Lipinski definition) is 8. The van der Waals surface area contributed by atoms with Gasteiger partial charge in [-0.05, 0) is 24.3 Å². The Labute approximate surface area is 196 Å². The Morgan fingerprint density at radius 2 is 1.23 bits per heavy atom. The molecule has 0 fully saturated rings. The average Bonchev–Trinajstić information content (AvgIpc) is 3.23. The molecule has 0 saturated carbocycles. The van der Waals surface area contributed by atoms with Crippen LogP contribution in [0.2, 0.25) is 0 Å². The third kappa shape index (κ3) is 3.89. The van der Waals surface area contributed by atoms with Crippen LogP contribution in [-0.2, 0) is 0 Å². The van der Waals surface area contributed by atoms with Gasteiger partial charge in [-0.2, -0.15) is 0 Å². The number of benzene rings is 2. The Morgan fingerprint density at radius 1 is 0.686 bits per heavy atom. The molecule has 0 saturated heterocycles. The molecule has 35 heavy (non-hydrogen) atoms. The Kier molecular flexibility index (Phi) is 5.86. The van der Waals surface area contributed by atoms with Crippen molar-refractivity contribution in [1.82, 2.24) is 0 Å². The molecule has 0 atom stereocenters. The second-order valence-electron chi connectivity index (χ2n) is 7.37. The number of nitro benzene ring substituents is 2. The van der Waals surface area contributed by atoms with Crippen LogP contribution in [0.5, 0.6) is 0 Å². The number of ketones is 3. The van der Waals surface area contributed by atoms with Gasteiger partial charge in [-0.25, -0.2) is 0 Å². The molecule has 10 heteroatoms. The lowest BCUT2D eigenvalue weighted by Crippen LogP contribution is -2.02. The van der Waals surface area contributed by atoms with Gasteiger partial charge in [0.2, 0.25) is 11.6 Å². The van der Waals surface area contributed by atoms with Gasteiger partial charge >= 0.3 is 0 Å². The quantitative estimate of drug-likeness (QED) is 0.210. The molecule has 0 aliphatic heterocycles. The predicted molar refractivity (Wildman–Crippen MR) is 124 cm³/mol.